The maximum absolute atomic E-state index is 13.5. The average Bonchev–Trinajstić information content (AvgIpc) is 2.34. The molecule has 0 spiro atoms. The number of hydrogen-bond donors (Lipinski definition) is 1. The third-order valence-electron chi connectivity index (χ3n) is 4.26. The van der Waals surface area contributed by atoms with Gasteiger partial charge in [-0.1, -0.05) is 27.2 Å². The summed E-state index contributed by atoms with van der Waals surface area (Å²) in [4.78, 5) is 15.4. The van der Waals surface area contributed by atoms with Gasteiger partial charge in [-0.3, -0.25) is 4.57 Å². The second-order valence-corrected chi connectivity index (χ2v) is 5.97. The van der Waals surface area contributed by atoms with E-state index in [1.807, 2.05) is 6.20 Å². The van der Waals surface area contributed by atoms with Crippen LogP contribution in [0.5, 0.6) is 0 Å². The van der Waals surface area contributed by atoms with Gasteiger partial charge in [-0.2, -0.15) is 4.98 Å². The van der Waals surface area contributed by atoms with Crippen molar-refractivity contribution in [2.45, 2.75) is 46.1 Å². The van der Waals surface area contributed by atoms with Crippen molar-refractivity contribution >= 4 is 5.82 Å². The summed E-state index contributed by atoms with van der Waals surface area (Å²) >= 11 is 0. The molecule has 0 aromatic carbocycles. The number of halogens is 1. The molecule has 0 aliphatic heterocycles. The summed E-state index contributed by atoms with van der Waals surface area (Å²) in [7, 11) is 0. The monoisotopic (exact) mass is 266 g/mol. The molecule has 19 heavy (non-hydrogen) atoms. The maximum atomic E-state index is 13.5. The molecule has 105 valence electrons. The molecule has 1 aromatic heterocycles. The Balaban J connectivity index is 2.48. The van der Waals surface area contributed by atoms with Gasteiger partial charge in [0.25, 0.3) is 0 Å². The number of nitrogens with zero attached hydrogens (tertiary/aromatic N) is 2. The molecule has 4 nitrogen and oxygen atoms in total. The zero-order valence-electron chi connectivity index (χ0n) is 11.7. The van der Waals surface area contributed by atoms with Gasteiger partial charge in [0.1, 0.15) is 12.0 Å². The van der Waals surface area contributed by atoms with E-state index < -0.39 is 11.5 Å². The normalized spacial score (nSPS) is 27.7. The van der Waals surface area contributed by atoms with Crippen molar-refractivity contribution in [3.8, 4) is 0 Å². The molecule has 1 aliphatic rings. The predicted molar refractivity (Wildman–Crippen MR) is 72.1 cm³/mol. The molecule has 1 aromatic rings. The van der Waals surface area contributed by atoms with Crippen LogP contribution in [0.2, 0.25) is 0 Å². The standard InChI is InChI=1S/C14H21FN3O/c1-8(2)10-5-4-9(3)6-12(10)18-13(16)11(15)7-17-14(18)19/h8-10,12H,4-6,16H2,1-3H3. The van der Waals surface area contributed by atoms with Crippen LogP contribution in [0.4, 0.5) is 10.2 Å². The fourth-order valence-corrected chi connectivity index (χ4v) is 3.19. The number of aromatic nitrogens is 2. The first-order valence-electron chi connectivity index (χ1n) is 6.87. The van der Waals surface area contributed by atoms with E-state index in [2.05, 4.69) is 25.8 Å². The van der Waals surface area contributed by atoms with Crippen LogP contribution in [0.15, 0.2) is 4.79 Å². The van der Waals surface area contributed by atoms with Gasteiger partial charge in [0.2, 0.25) is 0 Å². The Bertz CT molecular complexity index is 512. The van der Waals surface area contributed by atoms with E-state index in [4.69, 9.17) is 5.73 Å². The fraction of sp³-hybridized carbons (Fsp3) is 0.714. The molecular formula is C14H21FN3O. The highest BCUT2D eigenvalue weighted by Gasteiger charge is 2.34. The summed E-state index contributed by atoms with van der Waals surface area (Å²) in [5.41, 5.74) is 5.24. The van der Waals surface area contributed by atoms with Crippen molar-refractivity contribution < 1.29 is 4.39 Å². The molecule has 5 heteroatoms. The van der Waals surface area contributed by atoms with E-state index in [0.29, 0.717) is 17.8 Å². The number of rotatable bonds is 2. The molecule has 2 N–H and O–H groups in total. The van der Waals surface area contributed by atoms with E-state index in [-0.39, 0.29) is 11.9 Å². The molecule has 3 unspecified atom stereocenters. The zero-order valence-corrected chi connectivity index (χ0v) is 11.7. The number of anilines is 1. The van der Waals surface area contributed by atoms with Gasteiger partial charge in [0.05, 0.1) is 0 Å². The minimum absolute atomic E-state index is 0.0622. The van der Waals surface area contributed by atoms with Gasteiger partial charge in [-0.25, -0.2) is 9.18 Å². The molecule has 1 radical (unpaired) electrons. The van der Waals surface area contributed by atoms with E-state index >= 15 is 0 Å². The van der Waals surface area contributed by atoms with E-state index in [9.17, 15) is 9.18 Å². The summed E-state index contributed by atoms with van der Waals surface area (Å²) in [6, 6.07) is -0.0622. The van der Waals surface area contributed by atoms with Crippen LogP contribution in [0.25, 0.3) is 0 Å². The van der Waals surface area contributed by atoms with Crippen molar-refractivity contribution in [1.82, 2.24) is 9.55 Å². The van der Waals surface area contributed by atoms with Crippen molar-refractivity contribution in [3.63, 3.8) is 0 Å². The molecule has 1 fully saturated rings. The molecule has 3 atom stereocenters. The maximum Gasteiger partial charge on any atom is 0.350 e. The predicted octanol–water partition coefficient (Wildman–Crippen LogP) is 2.40. The lowest BCUT2D eigenvalue weighted by molar-refractivity contribution is 0.146. The summed E-state index contributed by atoms with van der Waals surface area (Å²) in [5, 5.41) is 0. The van der Waals surface area contributed by atoms with Crippen LogP contribution >= 0.6 is 0 Å². The third kappa shape index (κ3) is 2.65. The first-order chi connectivity index (χ1) is 8.91. The Hall–Kier alpha value is -1.39. The molecule has 0 saturated heterocycles. The minimum Gasteiger partial charge on any atom is -0.382 e. The van der Waals surface area contributed by atoms with E-state index in [1.165, 1.54) is 4.57 Å². The summed E-state index contributed by atoms with van der Waals surface area (Å²) in [6.07, 6.45) is 5.05. The molecule has 0 bridgehead atoms. The Morgan fingerprint density at radius 3 is 2.79 bits per heavy atom. The van der Waals surface area contributed by atoms with Crippen molar-refractivity contribution in [2.75, 3.05) is 5.73 Å². The van der Waals surface area contributed by atoms with Gasteiger partial charge < -0.3 is 5.73 Å². The van der Waals surface area contributed by atoms with Crippen LogP contribution in [0.1, 0.15) is 46.1 Å². The lowest BCUT2D eigenvalue weighted by Gasteiger charge is -2.38. The topological polar surface area (TPSA) is 60.9 Å². The lowest BCUT2D eigenvalue weighted by atomic mass is 9.74. The minimum atomic E-state index is -0.736. The van der Waals surface area contributed by atoms with Crippen LogP contribution in [0, 0.1) is 29.8 Å². The quantitative estimate of drug-likeness (QED) is 0.894. The Labute approximate surface area is 112 Å². The Morgan fingerprint density at radius 2 is 2.16 bits per heavy atom. The summed E-state index contributed by atoms with van der Waals surface area (Å²) < 4.78 is 14.9. The number of nitrogens with two attached hydrogens (primary N) is 1. The molecule has 1 saturated carbocycles. The molecule has 1 aliphatic carbocycles. The van der Waals surface area contributed by atoms with Gasteiger partial charge in [0.15, 0.2) is 5.82 Å². The summed E-state index contributed by atoms with van der Waals surface area (Å²) in [6.45, 7) is 6.42. The van der Waals surface area contributed by atoms with Crippen molar-refractivity contribution in [1.29, 1.82) is 0 Å². The molecule has 1 heterocycles. The second kappa shape index (κ2) is 5.31. The number of hydrogen-bond acceptors (Lipinski definition) is 3. The SMILES string of the molecule is CC1CCC(C(C)C)C(n2c(N)c(F)[c]nc2=O)C1. The smallest absolute Gasteiger partial charge is 0.350 e. The Morgan fingerprint density at radius 1 is 1.47 bits per heavy atom. The average molecular weight is 266 g/mol. The number of nitrogen functional groups attached to an aromatic ring is 1. The molecule has 2 rings (SSSR count). The largest absolute Gasteiger partial charge is 0.382 e. The van der Waals surface area contributed by atoms with Crippen LogP contribution in [0.3, 0.4) is 0 Å². The van der Waals surface area contributed by atoms with Crippen LogP contribution in [-0.2, 0) is 0 Å². The first-order valence-corrected chi connectivity index (χ1v) is 6.87. The van der Waals surface area contributed by atoms with Crippen molar-refractivity contribution in [3.05, 3.63) is 22.5 Å². The fourth-order valence-electron chi connectivity index (χ4n) is 3.19. The van der Waals surface area contributed by atoms with E-state index in [0.717, 1.165) is 19.3 Å². The third-order valence-corrected chi connectivity index (χ3v) is 4.26. The van der Waals surface area contributed by atoms with Gasteiger partial charge in [0, 0.05) is 6.04 Å². The van der Waals surface area contributed by atoms with Crippen LogP contribution in [-0.4, -0.2) is 9.55 Å². The van der Waals surface area contributed by atoms with Crippen molar-refractivity contribution in [2.24, 2.45) is 17.8 Å². The van der Waals surface area contributed by atoms with E-state index in [1.54, 1.807) is 0 Å². The zero-order chi connectivity index (χ0) is 14.2. The molecule has 0 amide bonds. The highest BCUT2D eigenvalue weighted by Crippen LogP contribution is 2.41. The highest BCUT2D eigenvalue weighted by molar-refractivity contribution is 5.29. The van der Waals surface area contributed by atoms with Crippen LogP contribution < -0.4 is 11.4 Å². The second-order valence-electron chi connectivity index (χ2n) is 5.97. The molecular weight excluding hydrogens is 245 g/mol. The summed E-state index contributed by atoms with van der Waals surface area (Å²) in [5.74, 6) is 0.402. The van der Waals surface area contributed by atoms with Gasteiger partial charge in [-0.15, -0.1) is 0 Å². The Kier molecular flexibility index (Phi) is 3.92. The highest BCUT2D eigenvalue weighted by atomic mass is 19.1. The lowest BCUT2D eigenvalue weighted by Crippen LogP contribution is -2.38. The first kappa shape index (κ1) is 14.0. The van der Waals surface area contributed by atoms with Gasteiger partial charge >= 0.3 is 5.69 Å². The van der Waals surface area contributed by atoms with Gasteiger partial charge in [-0.05, 0) is 30.6 Å².